The van der Waals surface area contributed by atoms with Crippen molar-refractivity contribution in [1.29, 1.82) is 0 Å². The van der Waals surface area contributed by atoms with Gasteiger partial charge >= 0.3 is 0 Å². The molecule has 16 heavy (non-hydrogen) atoms. The van der Waals surface area contributed by atoms with E-state index < -0.39 is 11.0 Å². The molecule has 0 spiro atoms. The van der Waals surface area contributed by atoms with Gasteiger partial charge in [-0.05, 0) is 21.6 Å². The van der Waals surface area contributed by atoms with Gasteiger partial charge in [0.25, 0.3) is 0 Å². The third-order valence-electron chi connectivity index (χ3n) is 0.880. The maximum atomic E-state index is 9.91. The molecular formula is C6H2N4O4S2. The van der Waals surface area contributed by atoms with Crippen molar-refractivity contribution >= 4 is 45.9 Å². The topological polar surface area (TPSA) is 118 Å². The summed E-state index contributed by atoms with van der Waals surface area (Å²) < 4.78 is 0. The van der Waals surface area contributed by atoms with Crippen LogP contribution < -0.4 is 0 Å². The second kappa shape index (κ2) is 9.76. The van der Waals surface area contributed by atoms with E-state index in [4.69, 9.17) is 0 Å². The van der Waals surface area contributed by atoms with E-state index in [1.807, 2.05) is 0 Å². The van der Waals surface area contributed by atoms with E-state index in [1.54, 1.807) is 0 Å². The standard InChI is InChI=1S/C6H2N4O4S2/c11-1-7-5(8-2-12)15-16-6(9-3-13)10-4-14/h5-6H. The number of isocyanates is 4. The van der Waals surface area contributed by atoms with Gasteiger partial charge in [0.1, 0.15) is 0 Å². The molecule has 8 nitrogen and oxygen atoms in total. The molecule has 0 aromatic carbocycles. The molecule has 0 aromatic heterocycles. The van der Waals surface area contributed by atoms with Crippen LogP contribution in [0.15, 0.2) is 20.0 Å². The molecule has 0 aromatic rings. The molecule has 0 saturated heterocycles. The quantitative estimate of drug-likeness (QED) is 0.367. The van der Waals surface area contributed by atoms with Gasteiger partial charge < -0.3 is 0 Å². The Kier molecular flexibility index (Phi) is 8.68. The molecule has 82 valence electrons. The Morgan fingerprint density at radius 1 is 0.625 bits per heavy atom. The molecular weight excluding hydrogens is 256 g/mol. The van der Waals surface area contributed by atoms with Crippen LogP contribution in [-0.2, 0) is 19.2 Å². The summed E-state index contributed by atoms with van der Waals surface area (Å²) in [6.07, 6.45) is 4.77. The molecule has 0 atom stereocenters. The maximum absolute atomic E-state index is 9.91. The smallest absolute Gasteiger partial charge is 0.211 e. The van der Waals surface area contributed by atoms with Crippen LogP contribution >= 0.6 is 21.6 Å². The average Bonchev–Trinajstić information content (AvgIpc) is 2.27. The number of rotatable bonds is 7. The van der Waals surface area contributed by atoms with Crippen molar-refractivity contribution in [2.45, 2.75) is 11.0 Å². The fourth-order valence-corrected chi connectivity index (χ4v) is 2.08. The van der Waals surface area contributed by atoms with Crippen LogP contribution in [0, 0.1) is 0 Å². The normalized spacial score (nSPS) is 11.8. The van der Waals surface area contributed by atoms with Gasteiger partial charge in [0.15, 0.2) is 0 Å². The first-order valence-electron chi connectivity index (χ1n) is 3.38. The number of nitrogens with zero attached hydrogens (tertiary/aromatic N) is 4. The van der Waals surface area contributed by atoms with E-state index in [9.17, 15) is 19.2 Å². The maximum Gasteiger partial charge on any atom is 0.238 e. The molecule has 0 aliphatic carbocycles. The van der Waals surface area contributed by atoms with Gasteiger partial charge in [-0.15, -0.1) is 0 Å². The second-order valence-corrected chi connectivity index (χ2v) is 4.11. The van der Waals surface area contributed by atoms with Crippen LogP contribution in [-0.4, -0.2) is 35.3 Å². The number of carbonyl (C=O) groups excluding carboxylic acids is 4. The Bertz CT molecular complexity index is 340. The highest BCUT2D eigenvalue weighted by molar-refractivity contribution is 8.77. The molecule has 0 unspecified atom stereocenters. The highest BCUT2D eigenvalue weighted by Gasteiger charge is 2.11. The number of aliphatic imine (C=N–C) groups is 4. The Labute approximate surface area is 96.4 Å². The summed E-state index contributed by atoms with van der Waals surface area (Å²) in [5, 5.41) is 0. The predicted molar refractivity (Wildman–Crippen MR) is 55.2 cm³/mol. The third kappa shape index (κ3) is 6.64. The van der Waals surface area contributed by atoms with E-state index in [0.717, 1.165) is 21.6 Å². The summed E-state index contributed by atoms with van der Waals surface area (Å²) in [5.74, 6) is 0. The van der Waals surface area contributed by atoms with Crippen molar-refractivity contribution < 1.29 is 19.2 Å². The zero-order chi connectivity index (χ0) is 12.2. The Hall–Kier alpha value is -1.78. The number of hydrogen-bond donors (Lipinski definition) is 0. The van der Waals surface area contributed by atoms with Crippen LogP contribution in [0.25, 0.3) is 0 Å². The lowest BCUT2D eigenvalue weighted by Gasteiger charge is -2.03. The lowest BCUT2D eigenvalue weighted by Crippen LogP contribution is -1.95. The van der Waals surface area contributed by atoms with Crippen molar-refractivity contribution in [3.8, 4) is 0 Å². The first kappa shape index (κ1) is 14.2. The van der Waals surface area contributed by atoms with E-state index in [-0.39, 0.29) is 0 Å². The minimum absolute atomic E-state index is 0.772. The molecule has 0 amide bonds. The minimum atomic E-state index is -1.08. The summed E-state index contributed by atoms with van der Waals surface area (Å²) in [5.41, 5.74) is -2.16. The van der Waals surface area contributed by atoms with Crippen molar-refractivity contribution in [3.05, 3.63) is 0 Å². The van der Waals surface area contributed by atoms with Crippen LogP contribution in [0.4, 0.5) is 0 Å². The SMILES string of the molecule is O=C=NC(N=C=O)SSC(N=C=O)N=C=O. The third-order valence-corrected chi connectivity index (χ3v) is 3.12. The number of hydrogen-bond acceptors (Lipinski definition) is 10. The van der Waals surface area contributed by atoms with Crippen LogP contribution in [0.2, 0.25) is 0 Å². The molecule has 0 aliphatic heterocycles. The van der Waals surface area contributed by atoms with E-state index >= 15 is 0 Å². The Morgan fingerprint density at radius 3 is 1.06 bits per heavy atom. The molecule has 0 heterocycles. The van der Waals surface area contributed by atoms with E-state index in [1.165, 1.54) is 24.3 Å². The van der Waals surface area contributed by atoms with Crippen molar-refractivity contribution in [2.75, 3.05) is 0 Å². The molecule has 0 radical (unpaired) electrons. The fraction of sp³-hybridized carbons (Fsp3) is 0.333. The van der Waals surface area contributed by atoms with Crippen LogP contribution in [0.5, 0.6) is 0 Å². The lowest BCUT2D eigenvalue weighted by molar-refractivity contribution is 0.557. The van der Waals surface area contributed by atoms with Gasteiger partial charge in [-0.1, -0.05) is 0 Å². The zero-order valence-electron chi connectivity index (χ0n) is 7.39. The van der Waals surface area contributed by atoms with Gasteiger partial charge in [-0.25, -0.2) is 19.2 Å². The van der Waals surface area contributed by atoms with E-state index in [2.05, 4.69) is 20.0 Å². The first-order valence-corrected chi connectivity index (χ1v) is 5.66. The van der Waals surface area contributed by atoms with Crippen LogP contribution in [0.1, 0.15) is 0 Å². The Morgan fingerprint density at radius 2 is 0.875 bits per heavy atom. The molecule has 0 N–H and O–H groups in total. The molecule has 0 aliphatic rings. The highest BCUT2D eigenvalue weighted by atomic mass is 33.1. The first-order chi connectivity index (χ1) is 7.78. The van der Waals surface area contributed by atoms with Crippen molar-refractivity contribution in [2.24, 2.45) is 20.0 Å². The Balaban J connectivity index is 4.46. The molecule has 0 bridgehead atoms. The molecule has 0 rings (SSSR count). The average molecular weight is 258 g/mol. The lowest BCUT2D eigenvalue weighted by atomic mass is 11.1. The van der Waals surface area contributed by atoms with Gasteiger partial charge in [-0.3, -0.25) is 0 Å². The molecule has 0 fully saturated rings. The minimum Gasteiger partial charge on any atom is -0.211 e. The highest BCUT2D eigenvalue weighted by Crippen LogP contribution is 2.33. The monoisotopic (exact) mass is 258 g/mol. The molecule has 10 heteroatoms. The second-order valence-electron chi connectivity index (χ2n) is 1.73. The largest absolute Gasteiger partial charge is 0.238 e. The van der Waals surface area contributed by atoms with Crippen molar-refractivity contribution in [1.82, 2.24) is 0 Å². The van der Waals surface area contributed by atoms with Crippen LogP contribution in [0.3, 0.4) is 0 Å². The summed E-state index contributed by atoms with van der Waals surface area (Å²) in [6, 6.07) is 0. The van der Waals surface area contributed by atoms with Gasteiger partial charge in [0.05, 0.1) is 0 Å². The van der Waals surface area contributed by atoms with Gasteiger partial charge in [0, 0.05) is 0 Å². The molecule has 0 saturated carbocycles. The summed E-state index contributed by atoms with van der Waals surface area (Å²) >= 11 is 0. The summed E-state index contributed by atoms with van der Waals surface area (Å²) in [4.78, 5) is 52.2. The van der Waals surface area contributed by atoms with E-state index in [0.29, 0.717) is 0 Å². The summed E-state index contributed by atoms with van der Waals surface area (Å²) in [6.45, 7) is 0. The predicted octanol–water partition coefficient (Wildman–Crippen LogP) is 0.278. The zero-order valence-corrected chi connectivity index (χ0v) is 9.03. The fourth-order valence-electron chi connectivity index (χ4n) is 0.424. The van der Waals surface area contributed by atoms with Crippen molar-refractivity contribution in [3.63, 3.8) is 0 Å². The van der Waals surface area contributed by atoms with Gasteiger partial charge in [0.2, 0.25) is 35.3 Å². The van der Waals surface area contributed by atoms with Gasteiger partial charge in [-0.2, -0.15) is 20.0 Å². The summed E-state index contributed by atoms with van der Waals surface area (Å²) in [7, 11) is 1.54.